The first kappa shape index (κ1) is 22.9. The molecule has 0 bridgehead atoms. The van der Waals surface area contributed by atoms with Crippen LogP contribution in [0.15, 0.2) is 11.4 Å². The van der Waals surface area contributed by atoms with Crippen LogP contribution in [0.25, 0.3) is 11.0 Å². The Kier molecular flexibility index (Phi) is 9.17. The Morgan fingerprint density at radius 1 is 1.24 bits per heavy atom. The van der Waals surface area contributed by atoms with Crippen LogP contribution in [0.5, 0.6) is 0 Å². The van der Waals surface area contributed by atoms with E-state index in [1.54, 1.807) is 29.6 Å². The number of nitrogens with one attached hydrogen (secondary N) is 2. The van der Waals surface area contributed by atoms with Crippen LogP contribution in [-0.4, -0.2) is 56.6 Å². The third-order valence-corrected chi connectivity index (χ3v) is 4.90. The molecule has 0 aliphatic rings. The molecule has 2 aromatic rings. The highest BCUT2D eigenvalue weighted by Crippen LogP contribution is 2.25. The minimum Gasteiger partial charge on any atom is -0.466 e. The lowest BCUT2D eigenvalue weighted by atomic mass is 10.3. The van der Waals surface area contributed by atoms with E-state index in [-0.39, 0.29) is 30.8 Å². The van der Waals surface area contributed by atoms with Crippen LogP contribution >= 0.6 is 11.8 Å². The molecule has 0 fully saturated rings. The van der Waals surface area contributed by atoms with Gasteiger partial charge in [-0.15, -0.1) is 0 Å². The molecule has 10 heteroatoms. The number of thioether (sulfide) groups is 1. The van der Waals surface area contributed by atoms with Gasteiger partial charge in [0.2, 0.25) is 5.91 Å². The summed E-state index contributed by atoms with van der Waals surface area (Å²) in [6.07, 6.45) is 2.98. The zero-order valence-corrected chi connectivity index (χ0v) is 18.3. The average Bonchev–Trinajstić information content (AvgIpc) is 3.08. The summed E-state index contributed by atoms with van der Waals surface area (Å²) in [4.78, 5) is 32.5. The number of aromatic nitrogens is 4. The SMILES string of the molecule is CCCSc1nc(NC(C)C)c2cnn(CCNC(=O)CCC(=O)OCC)c2n1. The van der Waals surface area contributed by atoms with Crippen LogP contribution in [0.4, 0.5) is 5.82 Å². The first-order valence-corrected chi connectivity index (χ1v) is 11.0. The van der Waals surface area contributed by atoms with Crippen molar-refractivity contribution in [3.8, 4) is 0 Å². The second-order valence-corrected chi connectivity index (χ2v) is 7.82. The van der Waals surface area contributed by atoms with Crippen LogP contribution in [0.2, 0.25) is 0 Å². The molecule has 2 heterocycles. The van der Waals surface area contributed by atoms with Crippen LogP contribution in [0, 0.1) is 0 Å². The molecule has 2 N–H and O–H groups in total. The minimum atomic E-state index is -0.361. The summed E-state index contributed by atoms with van der Waals surface area (Å²) in [5, 5.41) is 12.2. The van der Waals surface area contributed by atoms with Gasteiger partial charge in [-0.1, -0.05) is 18.7 Å². The van der Waals surface area contributed by atoms with Crippen molar-refractivity contribution in [1.82, 2.24) is 25.1 Å². The molecule has 0 saturated heterocycles. The normalized spacial score (nSPS) is 11.1. The summed E-state index contributed by atoms with van der Waals surface area (Å²) < 4.78 is 6.59. The van der Waals surface area contributed by atoms with Gasteiger partial charge < -0.3 is 15.4 Å². The molecule has 160 valence electrons. The Bertz CT molecular complexity index is 824. The van der Waals surface area contributed by atoms with Gasteiger partial charge in [0.1, 0.15) is 5.82 Å². The quantitative estimate of drug-likeness (QED) is 0.305. The van der Waals surface area contributed by atoms with Crippen molar-refractivity contribution in [3.05, 3.63) is 6.20 Å². The zero-order chi connectivity index (χ0) is 21.2. The lowest BCUT2D eigenvalue weighted by molar-refractivity contribution is -0.144. The summed E-state index contributed by atoms with van der Waals surface area (Å²) in [7, 11) is 0. The van der Waals surface area contributed by atoms with Crippen LogP contribution in [-0.2, 0) is 20.9 Å². The molecule has 2 aromatic heterocycles. The first-order chi connectivity index (χ1) is 13.9. The van der Waals surface area contributed by atoms with E-state index in [0.29, 0.717) is 24.9 Å². The summed E-state index contributed by atoms with van der Waals surface area (Å²) >= 11 is 1.61. The van der Waals surface area contributed by atoms with Gasteiger partial charge in [0, 0.05) is 24.8 Å². The molecular weight excluding hydrogens is 392 g/mol. The summed E-state index contributed by atoms with van der Waals surface area (Å²) in [5.41, 5.74) is 0.738. The van der Waals surface area contributed by atoms with Crippen molar-refractivity contribution in [2.24, 2.45) is 0 Å². The van der Waals surface area contributed by atoms with Gasteiger partial charge >= 0.3 is 5.97 Å². The molecule has 0 radical (unpaired) electrons. The van der Waals surface area contributed by atoms with E-state index in [1.807, 2.05) is 0 Å². The van der Waals surface area contributed by atoms with Crippen molar-refractivity contribution in [2.75, 3.05) is 24.2 Å². The molecule has 0 atom stereocenters. The van der Waals surface area contributed by atoms with E-state index >= 15 is 0 Å². The number of amides is 1. The van der Waals surface area contributed by atoms with Gasteiger partial charge in [-0.05, 0) is 27.2 Å². The van der Waals surface area contributed by atoms with Gasteiger partial charge in [-0.25, -0.2) is 14.6 Å². The second-order valence-electron chi connectivity index (χ2n) is 6.76. The molecule has 0 unspecified atom stereocenters. The fourth-order valence-electron chi connectivity index (χ4n) is 2.58. The summed E-state index contributed by atoms with van der Waals surface area (Å²) in [6.45, 7) is 9.17. The number of hydrogen-bond donors (Lipinski definition) is 2. The molecule has 0 saturated carbocycles. The standard InChI is InChI=1S/C19H30N6O3S/c1-5-11-29-19-23-17(22-13(3)4)14-12-21-25(18(14)24-19)10-9-20-15(26)7-8-16(27)28-6-2/h12-13H,5-11H2,1-4H3,(H,20,26)(H,22,23,24). The number of hydrogen-bond acceptors (Lipinski definition) is 8. The molecule has 29 heavy (non-hydrogen) atoms. The summed E-state index contributed by atoms with van der Waals surface area (Å²) in [6, 6.07) is 0.235. The Morgan fingerprint density at radius 2 is 2.03 bits per heavy atom. The highest BCUT2D eigenvalue weighted by molar-refractivity contribution is 7.99. The van der Waals surface area contributed by atoms with E-state index in [2.05, 4.69) is 46.5 Å². The molecule has 9 nitrogen and oxygen atoms in total. The van der Waals surface area contributed by atoms with Crippen molar-refractivity contribution >= 4 is 40.5 Å². The van der Waals surface area contributed by atoms with E-state index < -0.39 is 0 Å². The van der Waals surface area contributed by atoms with Gasteiger partial charge in [-0.2, -0.15) is 5.10 Å². The van der Waals surface area contributed by atoms with Crippen molar-refractivity contribution < 1.29 is 14.3 Å². The summed E-state index contributed by atoms with van der Waals surface area (Å²) in [5.74, 6) is 1.16. The predicted octanol–water partition coefficient (Wildman–Crippen LogP) is 2.61. The fraction of sp³-hybridized carbons (Fsp3) is 0.632. The monoisotopic (exact) mass is 422 g/mol. The van der Waals surface area contributed by atoms with Gasteiger partial charge in [-0.3, -0.25) is 9.59 Å². The Hall–Kier alpha value is -2.36. The molecule has 1 amide bonds. The Balaban J connectivity index is 2.03. The number of carbonyl (C=O) groups is 2. The Morgan fingerprint density at radius 3 is 2.72 bits per heavy atom. The van der Waals surface area contributed by atoms with Crippen LogP contribution in [0.1, 0.15) is 47.0 Å². The topological polar surface area (TPSA) is 111 Å². The molecule has 0 aliphatic heterocycles. The van der Waals surface area contributed by atoms with Gasteiger partial charge in [0.05, 0.1) is 31.2 Å². The molecule has 0 aliphatic carbocycles. The molecule has 0 aromatic carbocycles. The van der Waals surface area contributed by atoms with E-state index in [9.17, 15) is 9.59 Å². The highest BCUT2D eigenvalue weighted by atomic mass is 32.2. The van der Waals surface area contributed by atoms with Crippen molar-refractivity contribution in [1.29, 1.82) is 0 Å². The first-order valence-electron chi connectivity index (χ1n) is 9.99. The lowest BCUT2D eigenvalue weighted by Crippen LogP contribution is -2.28. The smallest absolute Gasteiger partial charge is 0.306 e. The van der Waals surface area contributed by atoms with Crippen molar-refractivity contribution in [3.63, 3.8) is 0 Å². The maximum Gasteiger partial charge on any atom is 0.306 e. The number of fused-ring (bicyclic) bond motifs is 1. The van der Waals surface area contributed by atoms with E-state index in [1.165, 1.54) is 0 Å². The third kappa shape index (κ3) is 7.19. The third-order valence-electron chi connectivity index (χ3n) is 3.84. The average molecular weight is 423 g/mol. The van der Waals surface area contributed by atoms with Gasteiger partial charge in [0.25, 0.3) is 0 Å². The number of anilines is 1. The largest absolute Gasteiger partial charge is 0.466 e. The van der Waals surface area contributed by atoms with Crippen molar-refractivity contribution in [2.45, 2.75) is 64.7 Å². The maximum absolute atomic E-state index is 11.9. The second kappa shape index (κ2) is 11.6. The minimum absolute atomic E-state index is 0.0832. The lowest BCUT2D eigenvalue weighted by Gasteiger charge is -2.12. The number of carbonyl (C=O) groups excluding carboxylic acids is 2. The predicted molar refractivity (Wildman–Crippen MR) is 114 cm³/mol. The molecular formula is C19H30N6O3S. The highest BCUT2D eigenvalue weighted by Gasteiger charge is 2.14. The molecule has 2 rings (SSSR count). The Labute approximate surface area is 175 Å². The van der Waals surface area contributed by atoms with Gasteiger partial charge in [0.15, 0.2) is 10.8 Å². The number of ether oxygens (including phenoxy) is 1. The van der Waals surface area contributed by atoms with Crippen LogP contribution < -0.4 is 10.6 Å². The number of rotatable bonds is 12. The zero-order valence-electron chi connectivity index (χ0n) is 17.5. The van der Waals surface area contributed by atoms with E-state index in [0.717, 1.165) is 29.0 Å². The number of nitrogens with zero attached hydrogens (tertiary/aromatic N) is 4. The fourth-order valence-corrected chi connectivity index (χ4v) is 3.27. The van der Waals surface area contributed by atoms with Crippen LogP contribution in [0.3, 0.4) is 0 Å². The number of esters is 1. The van der Waals surface area contributed by atoms with E-state index in [4.69, 9.17) is 4.74 Å². The molecule has 0 spiro atoms. The maximum atomic E-state index is 11.9.